The predicted octanol–water partition coefficient (Wildman–Crippen LogP) is -0.141. The van der Waals surface area contributed by atoms with Crippen LogP contribution in [0.25, 0.3) is 0 Å². The van der Waals surface area contributed by atoms with Crippen LogP contribution < -0.4 is 11.1 Å². The van der Waals surface area contributed by atoms with Crippen LogP contribution in [-0.4, -0.2) is 35.7 Å². The van der Waals surface area contributed by atoms with Gasteiger partial charge in [0.2, 0.25) is 0 Å². The van der Waals surface area contributed by atoms with Gasteiger partial charge in [0.25, 0.3) is 5.91 Å². The minimum Gasteiger partial charge on any atom is -0.376 e. The monoisotopic (exact) mass is 221 g/mol. The van der Waals surface area contributed by atoms with Gasteiger partial charge in [0.1, 0.15) is 5.69 Å². The number of fused-ring (bicyclic) bond motifs is 1. The largest absolute Gasteiger partial charge is 0.376 e. The van der Waals surface area contributed by atoms with Crippen molar-refractivity contribution in [2.45, 2.75) is 24.6 Å². The highest BCUT2D eigenvalue weighted by molar-refractivity contribution is 5.92. The molecule has 1 aromatic rings. The number of carbonyl (C=O) groups excluding carboxylic acids is 1. The summed E-state index contributed by atoms with van der Waals surface area (Å²) in [6.07, 6.45) is 2.86. The molecule has 1 aliphatic carbocycles. The Hall–Kier alpha value is -1.33. The molecule has 5 nitrogen and oxygen atoms in total. The van der Waals surface area contributed by atoms with Crippen LogP contribution in [0.5, 0.6) is 0 Å². The van der Waals surface area contributed by atoms with Crippen molar-refractivity contribution in [3.05, 3.63) is 24.0 Å². The van der Waals surface area contributed by atoms with Crippen molar-refractivity contribution in [1.82, 2.24) is 10.3 Å². The topological polar surface area (TPSA) is 80.1 Å². The van der Waals surface area contributed by atoms with Crippen LogP contribution in [0.2, 0.25) is 0 Å². The Bertz CT molecular complexity index is 390. The Balaban J connectivity index is 1.65. The highest BCUT2D eigenvalue weighted by Crippen LogP contribution is 2.37. The number of ether oxygens (including phenoxy) is 1. The number of hydrogen-bond acceptors (Lipinski definition) is 3. The van der Waals surface area contributed by atoms with Crippen LogP contribution in [0.1, 0.15) is 16.9 Å². The first-order valence-electron chi connectivity index (χ1n) is 5.59. The molecule has 3 rings (SSSR count). The molecule has 1 aliphatic heterocycles. The molecule has 1 saturated carbocycles. The van der Waals surface area contributed by atoms with E-state index >= 15 is 0 Å². The number of hydrogen-bond donors (Lipinski definition) is 3. The number of aromatic amines is 1. The SMILES string of the molecule is NC1C2CCOC2C1NC(=O)c1ccc[nH]1. The molecule has 16 heavy (non-hydrogen) atoms. The highest BCUT2D eigenvalue weighted by atomic mass is 16.5. The van der Waals surface area contributed by atoms with Gasteiger partial charge in [0, 0.05) is 24.8 Å². The number of amides is 1. The van der Waals surface area contributed by atoms with Crippen LogP contribution in [0.4, 0.5) is 0 Å². The zero-order valence-electron chi connectivity index (χ0n) is 8.85. The first kappa shape index (κ1) is 9.86. The molecule has 0 radical (unpaired) electrons. The number of nitrogens with two attached hydrogens (primary N) is 1. The molecule has 0 spiro atoms. The fourth-order valence-corrected chi connectivity index (χ4v) is 2.63. The van der Waals surface area contributed by atoms with E-state index in [9.17, 15) is 4.79 Å². The zero-order chi connectivity index (χ0) is 11.1. The van der Waals surface area contributed by atoms with Crippen LogP contribution in [-0.2, 0) is 4.74 Å². The molecule has 2 fully saturated rings. The maximum absolute atomic E-state index is 11.8. The van der Waals surface area contributed by atoms with Gasteiger partial charge in [0.15, 0.2) is 0 Å². The lowest BCUT2D eigenvalue weighted by Gasteiger charge is -2.45. The van der Waals surface area contributed by atoms with Gasteiger partial charge in [-0.25, -0.2) is 0 Å². The third-order valence-electron chi connectivity index (χ3n) is 3.59. The van der Waals surface area contributed by atoms with Crippen molar-refractivity contribution in [1.29, 1.82) is 0 Å². The number of rotatable bonds is 2. The number of H-pyrrole nitrogens is 1. The molecule has 4 atom stereocenters. The van der Waals surface area contributed by atoms with Crippen LogP contribution in [0, 0.1) is 5.92 Å². The standard InChI is InChI=1S/C11H15N3O2/c12-8-6-3-5-16-10(6)9(8)14-11(15)7-2-1-4-13-7/h1-2,4,6,8-10,13H,3,5,12H2,(H,14,15). The van der Waals surface area contributed by atoms with Gasteiger partial charge in [-0.3, -0.25) is 4.79 Å². The molecular formula is C11H15N3O2. The number of aromatic nitrogens is 1. The van der Waals surface area contributed by atoms with E-state index in [-0.39, 0.29) is 24.1 Å². The Morgan fingerprint density at radius 1 is 1.62 bits per heavy atom. The van der Waals surface area contributed by atoms with Gasteiger partial charge in [-0.15, -0.1) is 0 Å². The first-order valence-corrected chi connectivity index (χ1v) is 5.59. The van der Waals surface area contributed by atoms with Crippen LogP contribution in [0.15, 0.2) is 18.3 Å². The normalized spacial score (nSPS) is 36.6. The Morgan fingerprint density at radius 3 is 3.25 bits per heavy atom. The molecule has 4 unspecified atom stereocenters. The third-order valence-corrected chi connectivity index (χ3v) is 3.59. The Morgan fingerprint density at radius 2 is 2.50 bits per heavy atom. The van der Waals surface area contributed by atoms with Gasteiger partial charge in [-0.1, -0.05) is 0 Å². The number of carbonyl (C=O) groups is 1. The minimum absolute atomic E-state index is 0.0337. The third kappa shape index (κ3) is 1.36. The summed E-state index contributed by atoms with van der Waals surface area (Å²) in [5.41, 5.74) is 6.57. The molecule has 2 aliphatic rings. The summed E-state index contributed by atoms with van der Waals surface area (Å²) in [5, 5.41) is 2.92. The first-order chi connectivity index (χ1) is 7.77. The summed E-state index contributed by atoms with van der Waals surface area (Å²) < 4.78 is 5.55. The molecule has 5 heteroatoms. The van der Waals surface area contributed by atoms with Crippen molar-refractivity contribution in [3.8, 4) is 0 Å². The maximum atomic E-state index is 11.8. The van der Waals surface area contributed by atoms with Crippen molar-refractivity contribution < 1.29 is 9.53 Å². The van der Waals surface area contributed by atoms with E-state index < -0.39 is 0 Å². The lowest BCUT2D eigenvalue weighted by Crippen LogP contribution is -2.68. The zero-order valence-corrected chi connectivity index (χ0v) is 8.85. The molecule has 4 N–H and O–H groups in total. The van der Waals surface area contributed by atoms with E-state index in [4.69, 9.17) is 10.5 Å². The summed E-state index contributed by atoms with van der Waals surface area (Å²) in [5.74, 6) is 0.313. The summed E-state index contributed by atoms with van der Waals surface area (Å²) in [7, 11) is 0. The predicted molar refractivity (Wildman–Crippen MR) is 57.9 cm³/mol. The van der Waals surface area contributed by atoms with E-state index in [0.29, 0.717) is 11.6 Å². The molecule has 0 aromatic carbocycles. The van der Waals surface area contributed by atoms with Crippen molar-refractivity contribution in [2.24, 2.45) is 11.7 Å². The van der Waals surface area contributed by atoms with E-state index in [0.717, 1.165) is 13.0 Å². The summed E-state index contributed by atoms with van der Waals surface area (Å²) in [4.78, 5) is 14.7. The lowest BCUT2D eigenvalue weighted by atomic mass is 9.72. The van der Waals surface area contributed by atoms with Crippen molar-refractivity contribution in [2.75, 3.05) is 6.61 Å². The van der Waals surface area contributed by atoms with Gasteiger partial charge < -0.3 is 20.8 Å². The molecule has 1 aromatic heterocycles. The molecule has 1 saturated heterocycles. The molecule has 1 amide bonds. The number of nitrogens with one attached hydrogen (secondary N) is 2. The second kappa shape index (κ2) is 3.61. The van der Waals surface area contributed by atoms with E-state index in [1.165, 1.54) is 0 Å². The van der Waals surface area contributed by atoms with Gasteiger partial charge in [0.05, 0.1) is 12.1 Å². The average Bonchev–Trinajstić information content (AvgIpc) is 2.94. The second-order valence-corrected chi connectivity index (χ2v) is 4.45. The van der Waals surface area contributed by atoms with E-state index in [2.05, 4.69) is 10.3 Å². The van der Waals surface area contributed by atoms with Crippen LogP contribution >= 0.6 is 0 Å². The summed E-state index contributed by atoms with van der Waals surface area (Å²) >= 11 is 0. The summed E-state index contributed by atoms with van der Waals surface area (Å²) in [6, 6.07) is 3.53. The molecule has 2 heterocycles. The fraction of sp³-hybridized carbons (Fsp3) is 0.545. The van der Waals surface area contributed by atoms with E-state index in [1.807, 2.05) is 0 Å². The smallest absolute Gasteiger partial charge is 0.268 e. The van der Waals surface area contributed by atoms with Crippen molar-refractivity contribution >= 4 is 5.91 Å². The molecular weight excluding hydrogens is 206 g/mol. The minimum atomic E-state index is -0.112. The molecule has 86 valence electrons. The second-order valence-electron chi connectivity index (χ2n) is 4.45. The average molecular weight is 221 g/mol. The highest BCUT2D eigenvalue weighted by Gasteiger charge is 2.52. The fourth-order valence-electron chi connectivity index (χ4n) is 2.63. The Kier molecular flexibility index (Phi) is 2.22. The van der Waals surface area contributed by atoms with Crippen LogP contribution in [0.3, 0.4) is 0 Å². The summed E-state index contributed by atoms with van der Waals surface area (Å²) in [6.45, 7) is 0.762. The van der Waals surface area contributed by atoms with E-state index in [1.54, 1.807) is 18.3 Å². The lowest BCUT2D eigenvalue weighted by molar-refractivity contribution is -0.0161. The molecule has 0 bridgehead atoms. The van der Waals surface area contributed by atoms with Gasteiger partial charge in [-0.05, 0) is 18.6 Å². The van der Waals surface area contributed by atoms with Gasteiger partial charge in [-0.2, -0.15) is 0 Å². The van der Waals surface area contributed by atoms with Crippen molar-refractivity contribution in [3.63, 3.8) is 0 Å². The Labute approximate surface area is 93.3 Å². The maximum Gasteiger partial charge on any atom is 0.268 e. The quantitative estimate of drug-likeness (QED) is 0.650. The van der Waals surface area contributed by atoms with Gasteiger partial charge >= 0.3 is 0 Å².